The van der Waals surface area contributed by atoms with Crippen LogP contribution in [0.3, 0.4) is 0 Å². The fraction of sp³-hybridized carbons (Fsp3) is 0.316. The highest BCUT2D eigenvalue weighted by atomic mass is 19.1. The first-order valence-electron chi connectivity index (χ1n) is 8.26. The van der Waals surface area contributed by atoms with Gasteiger partial charge in [0.15, 0.2) is 0 Å². The van der Waals surface area contributed by atoms with Crippen LogP contribution in [-0.2, 0) is 13.1 Å². The summed E-state index contributed by atoms with van der Waals surface area (Å²) >= 11 is 0. The molecule has 24 heavy (non-hydrogen) atoms. The molecule has 0 unspecified atom stereocenters. The van der Waals surface area contributed by atoms with E-state index in [1.807, 2.05) is 12.1 Å². The van der Waals surface area contributed by atoms with Crippen LogP contribution in [0, 0.1) is 11.6 Å². The average molecular weight is 331 g/mol. The summed E-state index contributed by atoms with van der Waals surface area (Å²) in [5.74, 6) is -2.00. The summed E-state index contributed by atoms with van der Waals surface area (Å²) in [6.07, 6.45) is 2.61. The van der Waals surface area contributed by atoms with Crippen molar-refractivity contribution in [2.75, 3.05) is 13.1 Å². The normalized spacial score (nSPS) is 14.8. The van der Waals surface area contributed by atoms with E-state index in [1.165, 1.54) is 31.5 Å². The Labute approximate surface area is 140 Å². The SMILES string of the molecule is O=C(NCc1ccc(C[NH+]2CCCC2)cc1)c1cc(F)cc(F)c1. The highest BCUT2D eigenvalue weighted by molar-refractivity contribution is 5.94. The van der Waals surface area contributed by atoms with Gasteiger partial charge < -0.3 is 10.2 Å². The van der Waals surface area contributed by atoms with Gasteiger partial charge >= 0.3 is 0 Å². The third kappa shape index (κ3) is 4.38. The van der Waals surface area contributed by atoms with Crippen LogP contribution in [0.5, 0.6) is 0 Å². The first-order chi connectivity index (χ1) is 11.6. The van der Waals surface area contributed by atoms with Crippen LogP contribution in [0.25, 0.3) is 0 Å². The fourth-order valence-corrected chi connectivity index (χ4v) is 3.08. The summed E-state index contributed by atoms with van der Waals surface area (Å²) < 4.78 is 26.3. The van der Waals surface area contributed by atoms with E-state index in [9.17, 15) is 13.6 Å². The lowest BCUT2D eigenvalue weighted by molar-refractivity contribution is -0.901. The van der Waals surface area contributed by atoms with E-state index in [4.69, 9.17) is 0 Å². The lowest BCUT2D eigenvalue weighted by atomic mass is 10.1. The molecule has 2 N–H and O–H groups in total. The van der Waals surface area contributed by atoms with E-state index in [1.54, 1.807) is 4.90 Å². The van der Waals surface area contributed by atoms with Gasteiger partial charge in [-0.15, -0.1) is 0 Å². The number of likely N-dealkylation sites (tertiary alicyclic amines) is 1. The fourth-order valence-electron chi connectivity index (χ4n) is 3.08. The number of benzene rings is 2. The Morgan fingerprint density at radius 3 is 2.17 bits per heavy atom. The van der Waals surface area contributed by atoms with Crippen molar-refractivity contribution < 1.29 is 18.5 Å². The highest BCUT2D eigenvalue weighted by Gasteiger charge is 2.15. The first-order valence-corrected chi connectivity index (χ1v) is 8.26. The Bertz CT molecular complexity index is 690. The zero-order valence-corrected chi connectivity index (χ0v) is 13.4. The van der Waals surface area contributed by atoms with Gasteiger partial charge in [0.1, 0.15) is 18.2 Å². The van der Waals surface area contributed by atoms with E-state index in [0.29, 0.717) is 6.54 Å². The maximum absolute atomic E-state index is 13.1. The van der Waals surface area contributed by atoms with Crippen LogP contribution in [0.2, 0.25) is 0 Å². The first kappa shape index (κ1) is 16.6. The van der Waals surface area contributed by atoms with E-state index in [2.05, 4.69) is 17.4 Å². The van der Waals surface area contributed by atoms with Crippen molar-refractivity contribution in [1.29, 1.82) is 0 Å². The molecule has 2 aromatic carbocycles. The minimum atomic E-state index is -0.756. The van der Waals surface area contributed by atoms with Crippen molar-refractivity contribution in [3.63, 3.8) is 0 Å². The van der Waals surface area contributed by atoms with E-state index in [0.717, 1.165) is 30.3 Å². The van der Waals surface area contributed by atoms with E-state index < -0.39 is 17.5 Å². The minimum absolute atomic E-state index is 0.0123. The van der Waals surface area contributed by atoms with E-state index >= 15 is 0 Å². The zero-order valence-electron chi connectivity index (χ0n) is 13.4. The molecule has 126 valence electrons. The molecule has 1 fully saturated rings. The largest absolute Gasteiger partial charge is 0.348 e. The van der Waals surface area contributed by atoms with Crippen molar-refractivity contribution >= 4 is 5.91 Å². The second-order valence-corrected chi connectivity index (χ2v) is 6.29. The molecule has 0 bridgehead atoms. The second kappa shape index (κ2) is 7.53. The number of amides is 1. The molecular weight excluding hydrogens is 310 g/mol. The van der Waals surface area contributed by atoms with Gasteiger partial charge in [0, 0.05) is 36.6 Å². The molecule has 3 rings (SSSR count). The predicted octanol–water partition coefficient (Wildman–Crippen LogP) is 2.07. The third-order valence-electron chi connectivity index (χ3n) is 4.37. The molecule has 0 aliphatic carbocycles. The molecular formula is C19H21F2N2O+. The zero-order chi connectivity index (χ0) is 16.9. The molecule has 0 spiro atoms. The molecule has 0 saturated carbocycles. The molecule has 0 atom stereocenters. The number of hydrogen-bond donors (Lipinski definition) is 2. The maximum Gasteiger partial charge on any atom is 0.251 e. The molecule has 1 aliphatic rings. The van der Waals surface area contributed by atoms with Crippen molar-refractivity contribution in [2.45, 2.75) is 25.9 Å². The quantitative estimate of drug-likeness (QED) is 0.864. The van der Waals surface area contributed by atoms with Gasteiger partial charge in [-0.2, -0.15) is 0 Å². The van der Waals surface area contributed by atoms with Crippen LogP contribution in [0.4, 0.5) is 8.78 Å². The molecule has 0 aromatic heterocycles. The number of hydrogen-bond acceptors (Lipinski definition) is 1. The molecule has 1 aliphatic heterocycles. The summed E-state index contributed by atoms with van der Waals surface area (Å²) in [4.78, 5) is 13.6. The van der Waals surface area contributed by atoms with Crippen molar-refractivity contribution in [2.24, 2.45) is 0 Å². The number of halogens is 2. The van der Waals surface area contributed by atoms with Gasteiger partial charge in [-0.1, -0.05) is 24.3 Å². The lowest BCUT2D eigenvalue weighted by Gasteiger charge is -2.12. The van der Waals surface area contributed by atoms with Gasteiger partial charge in [0.2, 0.25) is 0 Å². The molecule has 1 amide bonds. The molecule has 1 heterocycles. The number of carbonyl (C=O) groups is 1. The number of rotatable bonds is 5. The Balaban J connectivity index is 1.55. The topological polar surface area (TPSA) is 33.5 Å². The summed E-state index contributed by atoms with van der Waals surface area (Å²) in [6.45, 7) is 3.84. The number of nitrogens with one attached hydrogen (secondary N) is 2. The highest BCUT2D eigenvalue weighted by Crippen LogP contribution is 2.09. The lowest BCUT2D eigenvalue weighted by Crippen LogP contribution is -3.08. The maximum atomic E-state index is 13.1. The summed E-state index contributed by atoms with van der Waals surface area (Å²) in [5.41, 5.74) is 2.23. The predicted molar refractivity (Wildman–Crippen MR) is 87.6 cm³/mol. The van der Waals surface area contributed by atoms with Crippen LogP contribution in [-0.4, -0.2) is 19.0 Å². The van der Waals surface area contributed by atoms with Gasteiger partial charge in [0.25, 0.3) is 5.91 Å². The Hall–Kier alpha value is -2.27. The molecule has 3 nitrogen and oxygen atoms in total. The molecule has 2 aromatic rings. The molecule has 1 saturated heterocycles. The average Bonchev–Trinajstić information content (AvgIpc) is 3.06. The Kier molecular flexibility index (Phi) is 5.20. The minimum Gasteiger partial charge on any atom is -0.348 e. The number of carbonyl (C=O) groups excluding carboxylic acids is 1. The Morgan fingerprint density at radius 1 is 0.958 bits per heavy atom. The van der Waals surface area contributed by atoms with Gasteiger partial charge in [-0.05, 0) is 17.7 Å². The smallest absolute Gasteiger partial charge is 0.251 e. The summed E-state index contributed by atoms with van der Waals surface area (Å²) in [7, 11) is 0. The monoisotopic (exact) mass is 331 g/mol. The van der Waals surface area contributed by atoms with Crippen LogP contribution >= 0.6 is 0 Å². The summed E-state index contributed by atoms with van der Waals surface area (Å²) in [5, 5.41) is 2.68. The molecule has 5 heteroatoms. The third-order valence-corrected chi connectivity index (χ3v) is 4.37. The van der Waals surface area contributed by atoms with Gasteiger partial charge in [-0.25, -0.2) is 8.78 Å². The summed E-state index contributed by atoms with van der Waals surface area (Å²) in [6, 6.07) is 10.9. The Morgan fingerprint density at radius 2 is 1.54 bits per heavy atom. The van der Waals surface area contributed by atoms with Crippen LogP contribution in [0.1, 0.15) is 34.3 Å². The van der Waals surface area contributed by atoms with E-state index in [-0.39, 0.29) is 5.56 Å². The number of quaternary nitrogens is 1. The standard InChI is InChI=1S/C19H20F2N2O/c20-17-9-16(10-18(21)11-17)19(24)22-12-14-3-5-15(6-4-14)13-23-7-1-2-8-23/h3-6,9-11H,1-2,7-8,12-13H2,(H,22,24)/p+1. The second-order valence-electron chi connectivity index (χ2n) is 6.29. The van der Waals surface area contributed by atoms with Gasteiger partial charge in [0.05, 0.1) is 13.1 Å². The van der Waals surface area contributed by atoms with Crippen LogP contribution < -0.4 is 10.2 Å². The molecule has 0 radical (unpaired) electrons. The van der Waals surface area contributed by atoms with Crippen LogP contribution in [0.15, 0.2) is 42.5 Å². The van der Waals surface area contributed by atoms with Crippen molar-refractivity contribution in [3.05, 3.63) is 70.8 Å². The van der Waals surface area contributed by atoms with Gasteiger partial charge in [-0.3, -0.25) is 4.79 Å². The van der Waals surface area contributed by atoms with Crippen molar-refractivity contribution in [3.8, 4) is 0 Å². The van der Waals surface area contributed by atoms with Crippen molar-refractivity contribution in [1.82, 2.24) is 5.32 Å².